The molecule has 1 heterocycles. The lowest BCUT2D eigenvalue weighted by Crippen LogP contribution is -2.07. The molecule has 2 aromatic rings. The normalized spacial score (nSPS) is 11.5. The standard InChI is InChI=1S/C11H6ClF3N2/c12-9-5-6-16-10(17-9)7-3-1-2-4-8(7)11(13,14)15/h1-6H. The number of alkyl halides is 3. The fraction of sp³-hybridized carbons (Fsp3) is 0.0909. The summed E-state index contributed by atoms with van der Waals surface area (Å²) in [6.45, 7) is 0. The Kier molecular flexibility index (Phi) is 3.02. The Morgan fingerprint density at radius 1 is 1.06 bits per heavy atom. The Balaban J connectivity index is 2.60. The summed E-state index contributed by atoms with van der Waals surface area (Å²) in [5.41, 5.74) is -0.857. The number of nitrogens with zero attached hydrogens (tertiary/aromatic N) is 2. The molecule has 0 saturated heterocycles. The van der Waals surface area contributed by atoms with Crippen LogP contribution in [0, 0.1) is 0 Å². The van der Waals surface area contributed by atoms with Gasteiger partial charge in [0, 0.05) is 11.8 Å². The predicted octanol–water partition coefficient (Wildman–Crippen LogP) is 3.82. The van der Waals surface area contributed by atoms with E-state index in [4.69, 9.17) is 11.6 Å². The molecule has 17 heavy (non-hydrogen) atoms. The molecule has 2 rings (SSSR count). The predicted molar refractivity (Wildman–Crippen MR) is 57.5 cm³/mol. The Bertz CT molecular complexity index is 540. The molecule has 0 aliphatic carbocycles. The van der Waals surface area contributed by atoms with Crippen LogP contribution >= 0.6 is 11.6 Å². The quantitative estimate of drug-likeness (QED) is 0.727. The molecule has 0 unspecified atom stereocenters. The number of benzene rings is 1. The Labute approximate surface area is 100 Å². The second-order valence-corrected chi connectivity index (χ2v) is 3.63. The van der Waals surface area contributed by atoms with Crippen molar-refractivity contribution >= 4 is 11.6 Å². The summed E-state index contributed by atoms with van der Waals surface area (Å²) in [6, 6.07) is 6.51. The first kappa shape index (κ1) is 11.9. The topological polar surface area (TPSA) is 25.8 Å². The van der Waals surface area contributed by atoms with Gasteiger partial charge in [-0.25, -0.2) is 9.97 Å². The van der Waals surface area contributed by atoms with E-state index in [2.05, 4.69) is 9.97 Å². The second kappa shape index (κ2) is 4.33. The van der Waals surface area contributed by atoms with Crippen LogP contribution < -0.4 is 0 Å². The van der Waals surface area contributed by atoms with Gasteiger partial charge in [0.25, 0.3) is 0 Å². The van der Waals surface area contributed by atoms with Crippen molar-refractivity contribution in [3.63, 3.8) is 0 Å². The molecule has 0 aliphatic rings. The van der Waals surface area contributed by atoms with E-state index in [0.29, 0.717) is 0 Å². The monoisotopic (exact) mass is 258 g/mol. The van der Waals surface area contributed by atoms with Crippen molar-refractivity contribution in [2.24, 2.45) is 0 Å². The third-order valence-corrected chi connectivity index (χ3v) is 2.31. The summed E-state index contributed by atoms with van der Waals surface area (Å²) < 4.78 is 38.2. The molecule has 1 aromatic heterocycles. The molecule has 0 bridgehead atoms. The number of hydrogen-bond acceptors (Lipinski definition) is 2. The minimum absolute atomic E-state index is 0.0366. The van der Waals surface area contributed by atoms with Gasteiger partial charge in [0.05, 0.1) is 5.56 Å². The van der Waals surface area contributed by atoms with Gasteiger partial charge in [0.1, 0.15) is 5.15 Å². The van der Waals surface area contributed by atoms with Crippen LogP contribution in [0.5, 0.6) is 0 Å². The third-order valence-electron chi connectivity index (χ3n) is 2.09. The van der Waals surface area contributed by atoms with E-state index >= 15 is 0 Å². The smallest absolute Gasteiger partial charge is 0.236 e. The molecule has 2 nitrogen and oxygen atoms in total. The van der Waals surface area contributed by atoms with Crippen molar-refractivity contribution in [2.45, 2.75) is 6.18 Å². The molecule has 0 N–H and O–H groups in total. The zero-order valence-electron chi connectivity index (χ0n) is 8.37. The van der Waals surface area contributed by atoms with Crippen LogP contribution in [0.3, 0.4) is 0 Å². The summed E-state index contributed by atoms with van der Waals surface area (Å²) in [7, 11) is 0. The van der Waals surface area contributed by atoms with E-state index < -0.39 is 11.7 Å². The van der Waals surface area contributed by atoms with Gasteiger partial charge in [-0.2, -0.15) is 13.2 Å². The van der Waals surface area contributed by atoms with Crippen molar-refractivity contribution < 1.29 is 13.2 Å². The lowest BCUT2D eigenvalue weighted by atomic mass is 10.1. The van der Waals surface area contributed by atoms with Gasteiger partial charge >= 0.3 is 6.18 Å². The maximum absolute atomic E-state index is 12.7. The Morgan fingerprint density at radius 2 is 1.76 bits per heavy atom. The highest BCUT2D eigenvalue weighted by atomic mass is 35.5. The minimum atomic E-state index is -4.44. The first-order valence-corrected chi connectivity index (χ1v) is 5.01. The molecule has 0 amide bonds. The summed E-state index contributed by atoms with van der Waals surface area (Å²) in [5, 5.41) is 0.104. The SMILES string of the molecule is FC(F)(F)c1ccccc1-c1nccc(Cl)n1. The van der Waals surface area contributed by atoms with E-state index in [0.717, 1.165) is 6.07 Å². The summed E-state index contributed by atoms with van der Waals surface area (Å²) in [6.07, 6.45) is -3.12. The van der Waals surface area contributed by atoms with Crippen LogP contribution in [-0.4, -0.2) is 9.97 Å². The number of aromatic nitrogens is 2. The van der Waals surface area contributed by atoms with Crippen LogP contribution in [-0.2, 0) is 6.18 Å². The molecule has 0 aliphatic heterocycles. The molecule has 6 heteroatoms. The van der Waals surface area contributed by atoms with Crippen molar-refractivity contribution in [1.82, 2.24) is 9.97 Å². The summed E-state index contributed by atoms with van der Waals surface area (Å²) in [4.78, 5) is 7.56. The fourth-order valence-electron chi connectivity index (χ4n) is 1.39. The molecule has 0 saturated carbocycles. The van der Waals surface area contributed by atoms with Crippen LogP contribution in [0.4, 0.5) is 13.2 Å². The van der Waals surface area contributed by atoms with E-state index in [1.165, 1.54) is 30.5 Å². The van der Waals surface area contributed by atoms with Crippen molar-refractivity contribution in [2.75, 3.05) is 0 Å². The average molecular weight is 259 g/mol. The van der Waals surface area contributed by atoms with Gasteiger partial charge < -0.3 is 0 Å². The van der Waals surface area contributed by atoms with Gasteiger partial charge in [-0.1, -0.05) is 29.8 Å². The zero-order chi connectivity index (χ0) is 12.5. The number of halogens is 4. The highest BCUT2D eigenvalue weighted by molar-refractivity contribution is 6.29. The van der Waals surface area contributed by atoms with Crippen molar-refractivity contribution in [3.05, 3.63) is 47.2 Å². The Morgan fingerprint density at radius 3 is 2.41 bits per heavy atom. The van der Waals surface area contributed by atoms with Crippen LogP contribution in [0.1, 0.15) is 5.56 Å². The molecule has 0 atom stereocenters. The molecule has 88 valence electrons. The van der Waals surface area contributed by atoms with E-state index in [9.17, 15) is 13.2 Å². The lowest BCUT2D eigenvalue weighted by molar-refractivity contribution is -0.137. The highest BCUT2D eigenvalue weighted by Gasteiger charge is 2.33. The van der Waals surface area contributed by atoms with Gasteiger partial charge in [-0.15, -0.1) is 0 Å². The fourth-order valence-corrected chi connectivity index (χ4v) is 1.53. The number of rotatable bonds is 1. The highest BCUT2D eigenvalue weighted by Crippen LogP contribution is 2.35. The van der Waals surface area contributed by atoms with E-state index in [1.54, 1.807) is 0 Å². The van der Waals surface area contributed by atoms with Crippen molar-refractivity contribution in [1.29, 1.82) is 0 Å². The molecular formula is C11H6ClF3N2. The van der Waals surface area contributed by atoms with E-state index in [-0.39, 0.29) is 16.5 Å². The van der Waals surface area contributed by atoms with Crippen LogP contribution in [0.25, 0.3) is 11.4 Å². The van der Waals surface area contributed by atoms with Gasteiger partial charge in [0.2, 0.25) is 0 Å². The molecule has 1 aromatic carbocycles. The number of hydrogen-bond donors (Lipinski definition) is 0. The summed E-state index contributed by atoms with van der Waals surface area (Å²) >= 11 is 5.63. The maximum atomic E-state index is 12.7. The zero-order valence-corrected chi connectivity index (χ0v) is 9.13. The van der Waals surface area contributed by atoms with Gasteiger partial charge in [-0.05, 0) is 12.1 Å². The average Bonchev–Trinajstić information content (AvgIpc) is 2.28. The molecule has 0 spiro atoms. The molecule has 0 fully saturated rings. The molecule has 0 radical (unpaired) electrons. The van der Waals surface area contributed by atoms with Gasteiger partial charge in [0.15, 0.2) is 5.82 Å². The van der Waals surface area contributed by atoms with Crippen LogP contribution in [0.15, 0.2) is 36.5 Å². The second-order valence-electron chi connectivity index (χ2n) is 3.25. The minimum Gasteiger partial charge on any atom is -0.236 e. The first-order valence-electron chi connectivity index (χ1n) is 4.63. The Hall–Kier alpha value is -1.62. The van der Waals surface area contributed by atoms with Crippen LogP contribution in [0.2, 0.25) is 5.15 Å². The molecular weight excluding hydrogens is 253 g/mol. The van der Waals surface area contributed by atoms with Gasteiger partial charge in [-0.3, -0.25) is 0 Å². The maximum Gasteiger partial charge on any atom is 0.417 e. The largest absolute Gasteiger partial charge is 0.417 e. The summed E-state index contributed by atoms with van der Waals surface area (Å²) in [5.74, 6) is -0.0366. The van der Waals surface area contributed by atoms with Crippen molar-refractivity contribution in [3.8, 4) is 11.4 Å². The first-order chi connectivity index (χ1) is 7.98. The lowest BCUT2D eigenvalue weighted by Gasteiger charge is -2.11. The third kappa shape index (κ3) is 2.55. The van der Waals surface area contributed by atoms with E-state index in [1.807, 2.05) is 0 Å².